The number of hydrogen-bond acceptors (Lipinski definition) is 1. The van der Waals surface area contributed by atoms with E-state index in [1.807, 2.05) is 26.0 Å². The maximum Gasteiger partial charge on any atom is 0.118 e. The van der Waals surface area contributed by atoms with Gasteiger partial charge in [-0.15, -0.1) is 0 Å². The van der Waals surface area contributed by atoms with Crippen molar-refractivity contribution in [2.24, 2.45) is 0 Å². The van der Waals surface area contributed by atoms with Crippen LogP contribution in [0.3, 0.4) is 0 Å². The highest BCUT2D eigenvalue weighted by Gasteiger charge is 1.91. The summed E-state index contributed by atoms with van der Waals surface area (Å²) in [6.45, 7) is 8.26. The zero-order valence-electron chi connectivity index (χ0n) is 9.02. The van der Waals surface area contributed by atoms with Crippen LogP contribution in [0.5, 0.6) is 0 Å². The largest absolute Gasteiger partial charge is 0.368 e. The summed E-state index contributed by atoms with van der Waals surface area (Å²) in [6.07, 6.45) is 6.79. The Bertz CT molecular complexity index is 212. The van der Waals surface area contributed by atoms with Crippen molar-refractivity contribution < 1.29 is 0 Å². The monoisotopic (exact) mass is 180 g/mol. The molecular weight excluding hydrogens is 160 g/mol. The van der Waals surface area contributed by atoms with Crippen LogP contribution in [0.15, 0.2) is 23.8 Å². The second kappa shape index (κ2) is 6.46. The first-order chi connectivity index (χ1) is 6.06. The van der Waals surface area contributed by atoms with E-state index in [0.717, 1.165) is 6.42 Å². The van der Waals surface area contributed by atoms with E-state index in [-0.39, 0.29) is 0 Å². The van der Waals surface area contributed by atoms with Crippen molar-refractivity contribution in [3.63, 3.8) is 0 Å². The Morgan fingerprint density at radius 2 is 2.08 bits per heavy atom. The molecule has 0 atom stereocenters. The molecule has 2 nitrogen and oxygen atoms in total. The minimum atomic E-state index is 0.327. The van der Waals surface area contributed by atoms with E-state index in [4.69, 9.17) is 5.41 Å². The molecule has 0 saturated heterocycles. The smallest absolute Gasteiger partial charge is 0.118 e. The lowest BCUT2D eigenvalue weighted by Gasteiger charge is -2.06. The topological polar surface area (TPSA) is 35.9 Å². The Hall–Kier alpha value is -1.05. The molecule has 2 N–H and O–H groups in total. The molecule has 0 aliphatic heterocycles. The summed E-state index contributed by atoms with van der Waals surface area (Å²) in [5.41, 5.74) is 1.33. The number of rotatable bonds is 4. The van der Waals surface area contributed by atoms with Gasteiger partial charge < -0.3 is 5.32 Å². The fourth-order valence-corrected chi connectivity index (χ4v) is 0.786. The zero-order valence-corrected chi connectivity index (χ0v) is 9.02. The van der Waals surface area contributed by atoms with Gasteiger partial charge in [0.2, 0.25) is 0 Å². The van der Waals surface area contributed by atoms with E-state index in [0.29, 0.717) is 11.9 Å². The lowest BCUT2D eigenvalue weighted by molar-refractivity contribution is 0.732. The van der Waals surface area contributed by atoms with Crippen molar-refractivity contribution in [2.75, 3.05) is 0 Å². The van der Waals surface area contributed by atoms with Crippen LogP contribution in [0, 0.1) is 5.41 Å². The first kappa shape index (κ1) is 11.9. The van der Waals surface area contributed by atoms with Gasteiger partial charge in [0.1, 0.15) is 5.84 Å². The second-order valence-electron chi connectivity index (χ2n) is 3.44. The van der Waals surface area contributed by atoms with Crippen LogP contribution in [-0.2, 0) is 0 Å². The Kier molecular flexibility index (Phi) is 5.94. The van der Waals surface area contributed by atoms with Gasteiger partial charge in [-0.2, -0.15) is 0 Å². The molecule has 0 amide bonds. The summed E-state index contributed by atoms with van der Waals surface area (Å²) >= 11 is 0. The first-order valence-corrected chi connectivity index (χ1v) is 4.75. The van der Waals surface area contributed by atoms with Crippen molar-refractivity contribution in [2.45, 2.75) is 40.2 Å². The normalized spacial score (nSPS) is 12.5. The van der Waals surface area contributed by atoms with E-state index < -0.39 is 0 Å². The highest BCUT2D eigenvalue weighted by molar-refractivity contribution is 5.90. The molecule has 0 heterocycles. The van der Waals surface area contributed by atoms with Gasteiger partial charge in [-0.05, 0) is 33.3 Å². The number of hydrogen-bond donors (Lipinski definition) is 2. The van der Waals surface area contributed by atoms with Gasteiger partial charge in [0.25, 0.3) is 0 Å². The number of nitrogens with one attached hydrogen (secondary N) is 2. The number of allylic oxidation sites excluding steroid dienone is 3. The quantitative estimate of drug-likeness (QED) is 0.389. The average Bonchev–Trinajstić information content (AvgIpc) is 2.02. The molecule has 0 unspecified atom stereocenters. The van der Waals surface area contributed by atoms with Crippen LogP contribution in [0.4, 0.5) is 0 Å². The lowest BCUT2D eigenvalue weighted by atomic mass is 10.2. The molecule has 0 fully saturated rings. The highest BCUT2D eigenvalue weighted by atomic mass is 14.9. The van der Waals surface area contributed by atoms with Gasteiger partial charge in [-0.3, -0.25) is 5.41 Å². The molecule has 0 aliphatic carbocycles. The minimum Gasteiger partial charge on any atom is -0.368 e. The molecule has 74 valence electrons. The van der Waals surface area contributed by atoms with E-state index >= 15 is 0 Å². The van der Waals surface area contributed by atoms with Crippen LogP contribution >= 0.6 is 0 Å². The van der Waals surface area contributed by atoms with Crippen molar-refractivity contribution in [1.29, 1.82) is 5.41 Å². The molecule has 0 aliphatic rings. The van der Waals surface area contributed by atoms with Crippen molar-refractivity contribution in [1.82, 2.24) is 5.32 Å². The SMILES string of the molecule is CC/C(C)=C\C=C/C(=N)NC(C)C. The van der Waals surface area contributed by atoms with Gasteiger partial charge >= 0.3 is 0 Å². The summed E-state index contributed by atoms with van der Waals surface area (Å²) in [5.74, 6) is 0.468. The molecule has 0 spiro atoms. The van der Waals surface area contributed by atoms with Crippen LogP contribution in [-0.4, -0.2) is 11.9 Å². The van der Waals surface area contributed by atoms with Crippen LogP contribution in [0.1, 0.15) is 34.1 Å². The fraction of sp³-hybridized carbons (Fsp3) is 0.545. The lowest BCUT2D eigenvalue weighted by Crippen LogP contribution is -2.27. The van der Waals surface area contributed by atoms with E-state index in [1.54, 1.807) is 6.08 Å². The van der Waals surface area contributed by atoms with E-state index in [1.165, 1.54) is 5.57 Å². The van der Waals surface area contributed by atoms with Crippen LogP contribution in [0.25, 0.3) is 0 Å². The third kappa shape index (κ3) is 7.32. The zero-order chi connectivity index (χ0) is 10.3. The average molecular weight is 180 g/mol. The van der Waals surface area contributed by atoms with Crippen molar-refractivity contribution in [3.05, 3.63) is 23.8 Å². The molecule has 0 aromatic rings. The Morgan fingerprint density at radius 1 is 1.46 bits per heavy atom. The molecule has 13 heavy (non-hydrogen) atoms. The minimum absolute atomic E-state index is 0.327. The molecule has 0 rings (SSSR count). The van der Waals surface area contributed by atoms with Gasteiger partial charge in [0.15, 0.2) is 0 Å². The molecule has 0 radical (unpaired) electrons. The predicted molar refractivity (Wildman–Crippen MR) is 59.2 cm³/mol. The molecule has 0 aromatic heterocycles. The third-order valence-corrected chi connectivity index (χ3v) is 1.65. The highest BCUT2D eigenvalue weighted by Crippen LogP contribution is 1.97. The molecule has 0 aromatic carbocycles. The van der Waals surface area contributed by atoms with Crippen molar-refractivity contribution in [3.8, 4) is 0 Å². The molecular formula is C11H20N2. The van der Waals surface area contributed by atoms with E-state index in [9.17, 15) is 0 Å². The summed E-state index contributed by atoms with van der Waals surface area (Å²) in [7, 11) is 0. The van der Waals surface area contributed by atoms with Crippen LogP contribution < -0.4 is 5.32 Å². The second-order valence-corrected chi connectivity index (χ2v) is 3.44. The molecule has 0 bridgehead atoms. The summed E-state index contributed by atoms with van der Waals surface area (Å²) in [6, 6.07) is 0.327. The summed E-state index contributed by atoms with van der Waals surface area (Å²) < 4.78 is 0. The van der Waals surface area contributed by atoms with Crippen molar-refractivity contribution >= 4 is 5.84 Å². The maximum atomic E-state index is 7.49. The standard InChI is InChI=1S/C11H20N2/c1-5-10(4)7-6-8-11(12)13-9(2)3/h6-9H,5H2,1-4H3,(H2,12,13)/b8-6-,10-7-. The Labute approximate surface area is 81.2 Å². The third-order valence-electron chi connectivity index (χ3n) is 1.65. The Morgan fingerprint density at radius 3 is 2.54 bits per heavy atom. The first-order valence-electron chi connectivity index (χ1n) is 4.75. The van der Waals surface area contributed by atoms with Gasteiger partial charge in [0, 0.05) is 6.04 Å². The number of amidine groups is 1. The molecule has 0 saturated carbocycles. The van der Waals surface area contributed by atoms with E-state index in [2.05, 4.69) is 19.2 Å². The Balaban J connectivity index is 3.91. The van der Waals surface area contributed by atoms with Gasteiger partial charge in [-0.25, -0.2) is 0 Å². The summed E-state index contributed by atoms with van der Waals surface area (Å²) in [5, 5.41) is 10.5. The summed E-state index contributed by atoms with van der Waals surface area (Å²) in [4.78, 5) is 0. The van der Waals surface area contributed by atoms with Crippen LogP contribution in [0.2, 0.25) is 0 Å². The van der Waals surface area contributed by atoms with Gasteiger partial charge in [-0.1, -0.05) is 24.6 Å². The predicted octanol–water partition coefficient (Wildman–Crippen LogP) is 2.87. The maximum absolute atomic E-state index is 7.49. The molecule has 2 heteroatoms. The fourth-order valence-electron chi connectivity index (χ4n) is 0.786. The van der Waals surface area contributed by atoms with Gasteiger partial charge in [0.05, 0.1) is 0 Å².